The summed E-state index contributed by atoms with van der Waals surface area (Å²) in [6.07, 6.45) is -6.80. The zero-order valence-electron chi connectivity index (χ0n) is 21.6. The van der Waals surface area contributed by atoms with Crippen molar-refractivity contribution in [2.75, 3.05) is 18.9 Å². The quantitative estimate of drug-likeness (QED) is 0.0768. The molecule has 0 bridgehead atoms. The van der Waals surface area contributed by atoms with Crippen molar-refractivity contribution in [1.29, 1.82) is 5.39 Å². The minimum absolute atomic E-state index is 0.0485. The van der Waals surface area contributed by atoms with E-state index in [1.54, 1.807) is 0 Å². The molecular weight excluding hydrogens is 622 g/mol. The smallest absolute Gasteiger partial charge is 0.478 e. The molecule has 0 aliphatic carbocycles. The summed E-state index contributed by atoms with van der Waals surface area (Å²) >= 11 is 0. The summed E-state index contributed by atoms with van der Waals surface area (Å²) in [4.78, 5) is 37.1. The van der Waals surface area contributed by atoms with Crippen LogP contribution in [0.5, 0.6) is 0 Å². The maximum Gasteiger partial charge on any atom is 0.478 e. The van der Waals surface area contributed by atoms with Gasteiger partial charge in [0.15, 0.2) is 35.0 Å². The van der Waals surface area contributed by atoms with Gasteiger partial charge in [-0.15, -0.1) is 0 Å². The lowest BCUT2D eigenvalue weighted by Gasteiger charge is -2.26. The fraction of sp³-hybridized carbons (Fsp3) is 0.500. The minimum atomic E-state index is -5.60. The summed E-state index contributed by atoms with van der Waals surface area (Å²) in [5.74, 6) is 0.0485. The van der Waals surface area contributed by atoms with Gasteiger partial charge in [-0.2, -0.15) is 4.57 Å². The van der Waals surface area contributed by atoms with Crippen LogP contribution in [-0.2, 0) is 32.0 Å². The molecule has 0 amide bonds. The zero-order chi connectivity index (χ0) is 31.1. The van der Waals surface area contributed by atoms with Gasteiger partial charge in [0, 0.05) is 12.1 Å². The number of nitrogens with zero attached hydrogens (tertiary/aromatic N) is 7. The summed E-state index contributed by atoms with van der Waals surface area (Å²) in [6, 6.07) is 2.89. The first-order valence-corrected chi connectivity index (χ1v) is 15.2. The van der Waals surface area contributed by atoms with E-state index in [1.165, 1.54) is 40.0 Å². The van der Waals surface area contributed by atoms with Gasteiger partial charge in [0.25, 0.3) is 20.2 Å². The van der Waals surface area contributed by atoms with E-state index in [4.69, 9.17) is 20.6 Å². The maximum absolute atomic E-state index is 12.4. The SMILES string of the molecule is N#[N+]c1ccc[n+]([C@@H]2O[C@H](COP(=O)([O-])OP(=O)(O)OC[C@H]3O[C@@H](n4cnc5c(N)ncnc54)[C@H](O)[C@@H]3O)[C@@H](O)[C@H]2O)c1. The lowest BCUT2D eigenvalue weighted by Crippen LogP contribution is -2.45. The normalized spacial score (nSPS) is 31.9. The summed E-state index contributed by atoms with van der Waals surface area (Å²) in [7, 11) is -11.0. The van der Waals surface area contributed by atoms with Crippen molar-refractivity contribution in [2.24, 2.45) is 0 Å². The lowest BCUT2D eigenvalue weighted by molar-refractivity contribution is -0.765. The van der Waals surface area contributed by atoms with Crippen LogP contribution in [0.4, 0.5) is 11.5 Å². The maximum atomic E-state index is 12.4. The Morgan fingerprint density at radius 2 is 1.77 bits per heavy atom. The summed E-state index contributed by atoms with van der Waals surface area (Å²) in [6.45, 7) is -1.85. The predicted octanol–water partition coefficient (Wildman–Crippen LogP) is -2.26. The Bertz CT molecular complexity index is 1620. The fourth-order valence-electron chi connectivity index (χ4n) is 4.47. The first-order valence-electron chi connectivity index (χ1n) is 12.3. The van der Waals surface area contributed by atoms with E-state index in [2.05, 4.69) is 33.3 Å². The highest BCUT2D eigenvalue weighted by Gasteiger charge is 2.49. The summed E-state index contributed by atoms with van der Waals surface area (Å²) in [5.41, 5.74) is 6.19. The third-order valence-electron chi connectivity index (χ3n) is 6.55. The molecule has 0 aromatic carbocycles. The minimum Gasteiger partial charge on any atom is -0.756 e. The summed E-state index contributed by atoms with van der Waals surface area (Å²) < 4.78 is 51.5. The van der Waals surface area contributed by atoms with Crippen LogP contribution in [0.25, 0.3) is 16.1 Å². The second kappa shape index (κ2) is 12.1. The Morgan fingerprint density at radius 1 is 1.07 bits per heavy atom. The third kappa shape index (κ3) is 6.57. The van der Waals surface area contributed by atoms with Crippen LogP contribution in [-0.4, -0.2) is 94.7 Å². The molecule has 10 atom stereocenters. The van der Waals surface area contributed by atoms with Crippen LogP contribution in [0.2, 0.25) is 0 Å². The van der Waals surface area contributed by atoms with Crippen molar-refractivity contribution in [2.45, 2.75) is 49.1 Å². The van der Waals surface area contributed by atoms with Gasteiger partial charge in [-0.1, -0.05) is 0 Å². The van der Waals surface area contributed by atoms with E-state index < -0.39 is 77.9 Å². The van der Waals surface area contributed by atoms with Crippen LogP contribution in [0.15, 0.2) is 37.2 Å². The van der Waals surface area contributed by atoms with Gasteiger partial charge in [0.2, 0.25) is 5.39 Å². The van der Waals surface area contributed by atoms with Gasteiger partial charge >= 0.3 is 13.5 Å². The molecule has 5 rings (SSSR count). The Balaban J connectivity index is 1.16. The van der Waals surface area contributed by atoms with Crippen LogP contribution in [0.1, 0.15) is 12.5 Å². The topological polar surface area (TPSA) is 306 Å². The molecule has 0 saturated carbocycles. The molecule has 2 aliphatic rings. The highest BCUT2D eigenvalue weighted by Crippen LogP contribution is 2.58. The molecule has 7 N–H and O–H groups in total. The highest BCUT2D eigenvalue weighted by molar-refractivity contribution is 7.60. The molecule has 3 aromatic heterocycles. The van der Waals surface area contributed by atoms with Gasteiger partial charge in [-0.05, 0) is 0 Å². The number of diazo groups is 1. The first-order chi connectivity index (χ1) is 20.3. The molecule has 3 aromatic rings. The average Bonchev–Trinajstić information content (AvgIpc) is 3.61. The number of phosphoric acid groups is 2. The Kier molecular flexibility index (Phi) is 8.86. The van der Waals surface area contributed by atoms with Gasteiger partial charge in [-0.3, -0.25) is 13.7 Å². The number of phosphoric ester groups is 2. The van der Waals surface area contributed by atoms with Crippen LogP contribution in [0.3, 0.4) is 0 Å². The Hall–Kier alpha value is -3.06. The van der Waals surface area contributed by atoms with Crippen LogP contribution >= 0.6 is 15.6 Å². The third-order valence-corrected chi connectivity index (χ3v) is 9.12. The van der Waals surface area contributed by atoms with Gasteiger partial charge in [0.05, 0.1) is 19.5 Å². The number of aliphatic hydroxyl groups excluding tert-OH is 4. The molecule has 232 valence electrons. The predicted molar refractivity (Wildman–Crippen MR) is 133 cm³/mol. The number of rotatable bonds is 10. The van der Waals surface area contributed by atoms with E-state index in [-0.39, 0.29) is 22.7 Å². The van der Waals surface area contributed by atoms with Crippen LogP contribution in [0, 0.1) is 5.39 Å². The van der Waals surface area contributed by atoms with Crippen molar-refractivity contribution < 1.29 is 66.7 Å². The Labute approximate surface area is 240 Å². The van der Waals surface area contributed by atoms with E-state index in [0.29, 0.717) is 0 Å². The second-order valence-corrected chi connectivity index (χ2v) is 12.4. The van der Waals surface area contributed by atoms with Crippen LogP contribution < -0.4 is 15.2 Å². The number of pyridine rings is 1. The number of imidazole rings is 1. The summed E-state index contributed by atoms with van der Waals surface area (Å²) in [5, 5.41) is 50.4. The molecule has 2 saturated heterocycles. The number of hydrogen-bond donors (Lipinski definition) is 6. The molecule has 23 heteroatoms. The van der Waals surface area contributed by atoms with Gasteiger partial charge in [0.1, 0.15) is 42.4 Å². The lowest BCUT2D eigenvalue weighted by atomic mass is 10.1. The monoisotopic (exact) mass is 647 g/mol. The molecule has 0 spiro atoms. The standard InChI is InChI=1S/C20H24N8O13P2/c21-17-12-18(24-7-23-17)28(8-25-12)20-16(32)14(30)11(40-20)6-38-43(35,36)41-42(33,34)37-5-10-13(29)15(31)19(39-10)27-3-1-2-9(4-27)26-22/h1-4,7-8,10-11,13-16,19-20,29-32H,5-6H2,(H2-2,21,23,24,33,34,35,36)/p+1/t10-,11-,13-,14-,15-,16-,19-,20-/m1/s1. The number of ether oxygens (including phenoxy) is 2. The van der Waals surface area contributed by atoms with Crippen molar-refractivity contribution in [1.82, 2.24) is 19.5 Å². The van der Waals surface area contributed by atoms with E-state index >= 15 is 0 Å². The van der Waals surface area contributed by atoms with E-state index in [0.717, 1.165) is 6.33 Å². The molecule has 2 aliphatic heterocycles. The fourth-order valence-corrected chi connectivity index (χ4v) is 6.52. The molecular formula is C20H25N8O13P2+. The molecule has 2 unspecified atom stereocenters. The number of nitrogen functional groups attached to an aromatic ring is 1. The molecule has 2 fully saturated rings. The van der Waals surface area contributed by atoms with Crippen molar-refractivity contribution >= 4 is 38.3 Å². The largest absolute Gasteiger partial charge is 0.756 e. The second-order valence-electron chi connectivity index (χ2n) is 9.37. The van der Waals surface area contributed by atoms with Crippen molar-refractivity contribution in [3.63, 3.8) is 0 Å². The number of hydrogen-bond acceptors (Lipinski definition) is 17. The number of fused-ring (bicyclic) bond motifs is 1. The van der Waals surface area contributed by atoms with Crippen molar-refractivity contribution in [3.05, 3.63) is 42.2 Å². The van der Waals surface area contributed by atoms with Gasteiger partial charge in [-0.25, -0.2) is 23.8 Å². The van der Waals surface area contributed by atoms with Gasteiger partial charge < -0.3 is 49.9 Å². The van der Waals surface area contributed by atoms with E-state index in [9.17, 15) is 39.3 Å². The first kappa shape index (κ1) is 31.4. The zero-order valence-corrected chi connectivity index (χ0v) is 23.4. The molecule has 21 nitrogen and oxygen atoms in total. The molecule has 0 radical (unpaired) electrons. The number of anilines is 1. The van der Waals surface area contributed by atoms with Crippen molar-refractivity contribution in [3.8, 4) is 0 Å². The molecule has 43 heavy (non-hydrogen) atoms. The number of aromatic nitrogens is 5. The average molecular weight is 647 g/mol. The number of aliphatic hydroxyl groups is 4. The van der Waals surface area contributed by atoms with E-state index in [1.807, 2.05) is 0 Å². The highest BCUT2D eigenvalue weighted by atomic mass is 31.3. The Morgan fingerprint density at radius 3 is 2.51 bits per heavy atom. The number of nitrogens with two attached hydrogens (primary N) is 1. The molecule has 5 heterocycles.